The van der Waals surface area contributed by atoms with E-state index in [1.807, 2.05) is 13.0 Å². The van der Waals surface area contributed by atoms with Crippen LogP contribution in [0, 0.1) is 9.49 Å². The number of ether oxygens (including phenoxy) is 2. The molecule has 1 aliphatic rings. The number of allylic oxidation sites excluding steroid dienone is 1. The summed E-state index contributed by atoms with van der Waals surface area (Å²) in [6, 6.07) is 8.29. The molecule has 3 atom stereocenters. The maximum atomic E-state index is 12.4. The van der Waals surface area contributed by atoms with Crippen molar-refractivity contribution in [1.29, 1.82) is 0 Å². The lowest BCUT2D eigenvalue weighted by atomic mass is 9.80. The molecule has 1 heterocycles. The van der Waals surface area contributed by atoms with Crippen LogP contribution in [0.1, 0.15) is 31.2 Å². The van der Waals surface area contributed by atoms with Crippen LogP contribution in [-0.2, 0) is 14.3 Å². The van der Waals surface area contributed by atoms with Gasteiger partial charge in [-0.1, -0.05) is 12.1 Å². The molecule has 138 valence electrons. The van der Waals surface area contributed by atoms with Gasteiger partial charge in [-0.3, -0.25) is 4.79 Å². The van der Waals surface area contributed by atoms with Crippen molar-refractivity contribution in [3.63, 3.8) is 0 Å². The molecule has 0 bridgehead atoms. The number of carbonyl (C=O) groups excluding carboxylic acids is 1. The largest absolute Gasteiger partial charge is 0.459 e. The molecule has 0 saturated heterocycles. The number of rotatable bonds is 7. The van der Waals surface area contributed by atoms with E-state index in [0.29, 0.717) is 18.8 Å². The molecule has 5 nitrogen and oxygen atoms in total. The molecule has 0 fully saturated rings. The molecule has 6 heteroatoms. The maximum absolute atomic E-state index is 12.4. The van der Waals surface area contributed by atoms with Gasteiger partial charge in [0.05, 0.1) is 0 Å². The van der Waals surface area contributed by atoms with E-state index in [-0.39, 0.29) is 24.3 Å². The predicted octanol–water partition coefficient (Wildman–Crippen LogP) is 3.13. The van der Waals surface area contributed by atoms with Crippen LogP contribution in [0.2, 0.25) is 0 Å². The van der Waals surface area contributed by atoms with Crippen LogP contribution in [0.3, 0.4) is 0 Å². The molecular weight excluding hydrogens is 433 g/mol. The molecule has 0 aliphatic carbocycles. The van der Waals surface area contributed by atoms with Gasteiger partial charge in [0.2, 0.25) is 6.29 Å². The van der Waals surface area contributed by atoms with Crippen LogP contribution >= 0.6 is 22.6 Å². The highest BCUT2D eigenvalue weighted by molar-refractivity contribution is 14.1. The number of likely N-dealkylation sites (N-methyl/N-ethyl adjacent to an activating group) is 1. The van der Waals surface area contributed by atoms with E-state index in [0.717, 1.165) is 15.6 Å². The normalized spacial score (nSPS) is 22.9. The molecule has 0 aromatic heterocycles. The zero-order valence-electron chi connectivity index (χ0n) is 14.9. The first-order valence-corrected chi connectivity index (χ1v) is 9.63. The zero-order chi connectivity index (χ0) is 18.4. The van der Waals surface area contributed by atoms with Crippen molar-refractivity contribution in [1.82, 2.24) is 4.90 Å². The summed E-state index contributed by atoms with van der Waals surface area (Å²) in [5, 5.41) is 9.26. The molecule has 1 aliphatic heterocycles. The molecule has 2 rings (SSSR count). The van der Waals surface area contributed by atoms with Gasteiger partial charge >= 0.3 is 0 Å². The minimum absolute atomic E-state index is 0.00718. The summed E-state index contributed by atoms with van der Waals surface area (Å²) in [6.45, 7) is 2.54. The van der Waals surface area contributed by atoms with Crippen molar-refractivity contribution >= 4 is 28.5 Å². The van der Waals surface area contributed by atoms with E-state index in [9.17, 15) is 9.90 Å². The Balaban J connectivity index is 2.42. The molecule has 1 aromatic rings. The van der Waals surface area contributed by atoms with Gasteiger partial charge in [-0.15, -0.1) is 0 Å². The SMILES string of the molecule is CCO[C@@H]1OC(C(=O)N(C)C)=C[C@H](c2ccc(I)cc2)[C@H]1CCCO. The number of carbonyl (C=O) groups is 1. The minimum Gasteiger partial charge on any atom is -0.459 e. The van der Waals surface area contributed by atoms with Crippen LogP contribution in [0.25, 0.3) is 0 Å². The van der Waals surface area contributed by atoms with E-state index in [1.54, 1.807) is 14.1 Å². The Morgan fingerprint density at radius 1 is 1.32 bits per heavy atom. The van der Waals surface area contributed by atoms with Crippen molar-refractivity contribution in [3.05, 3.63) is 45.2 Å². The summed E-state index contributed by atoms with van der Waals surface area (Å²) < 4.78 is 12.9. The van der Waals surface area contributed by atoms with Gasteiger partial charge in [0.25, 0.3) is 5.91 Å². The van der Waals surface area contributed by atoms with Crippen molar-refractivity contribution in [2.45, 2.75) is 32.0 Å². The standard InChI is InChI=1S/C19H26INO4/c1-4-24-19-15(6-5-11-22)16(13-7-9-14(20)10-8-13)12-17(25-19)18(23)21(2)3/h7-10,12,15-16,19,22H,4-6,11H2,1-3H3/t15-,16-,19-/m1/s1. The third-order valence-electron chi connectivity index (χ3n) is 4.28. The Morgan fingerprint density at radius 3 is 2.56 bits per heavy atom. The van der Waals surface area contributed by atoms with Crippen LogP contribution in [0.5, 0.6) is 0 Å². The summed E-state index contributed by atoms with van der Waals surface area (Å²) >= 11 is 2.28. The number of amides is 1. The number of hydrogen-bond acceptors (Lipinski definition) is 4. The van der Waals surface area contributed by atoms with E-state index < -0.39 is 6.29 Å². The average molecular weight is 459 g/mol. The monoisotopic (exact) mass is 459 g/mol. The van der Waals surface area contributed by atoms with Crippen LogP contribution in [0.4, 0.5) is 0 Å². The topological polar surface area (TPSA) is 59.0 Å². The second-order valence-electron chi connectivity index (χ2n) is 6.28. The van der Waals surface area contributed by atoms with E-state index in [1.165, 1.54) is 4.90 Å². The Morgan fingerprint density at radius 2 is 2.00 bits per heavy atom. The molecule has 1 aromatic carbocycles. The second kappa shape index (κ2) is 9.54. The fraction of sp³-hybridized carbons (Fsp3) is 0.526. The smallest absolute Gasteiger partial charge is 0.288 e. The van der Waals surface area contributed by atoms with Crippen molar-refractivity contribution < 1.29 is 19.4 Å². The van der Waals surface area contributed by atoms with E-state index in [4.69, 9.17) is 9.47 Å². The summed E-state index contributed by atoms with van der Waals surface area (Å²) in [5.41, 5.74) is 1.13. The second-order valence-corrected chi connectivity index (χ2v) is 7.52. The zero-order valence-corrected chi connectivity index (χ0v) is 17.1. The highest BCUT2D eigenvalue weighted by atomic mass is 127. The van der Waals surface area contributed by atoms with Gasteiger partial charge < -0.3 is 19.5 Å². The summed E-state index contributed by atoms with van der Waals surface area (Å²) in [7, 11) is 3.42. The maximum Gasteiger partial charge on any atom is 0.288 e. The van der Waals surface area contributed by atoms with Gasteiger partial charge in [0.15, 0.2) is 5.76 Å². The third-order valence-corrected chi connectivity index (χ3v) is 5.00. The molecule has 25 heavy (non-hydrogen) atoms. The number of aliphatic hydroxyl groups is 1. The predicted molar refractivity (Wildman–Crippen MR) is 105 cm³/mol. The average Bonchev–Trinajstić information content (AvgIpc) is 2.60. The van der Waals surface area contributed by atoms with Crippen LogP contribution in [0.15, 0.2) is 36.1 Å². The first kappa shape index (κ1) is 20.2. The molecule has 0 radical (unpaired) electrons. The first-order valence-electron chi connectivity index (χ1n) is 8.56. The molecule has 0 unspecified atom stereocenters. The quantitative estimate of drug-likeness (QED) is 0.637. The van der Waals surface area contributed by atoms with Gasteiger partial charge in [0.1, 0.15) is 0 Å². The van der Waals surface area contributed by atoms with Crippen molar-refractivity contribution in [2.24, 2.45) is 5.92 Å². The number of halogens is 1. The fourth-order valence-electron chi connectivity index (χ4n) is 3.04. The molecule has 0 spiro atoms. The van der Waals surface area contributed by atoms with Gasteiger partial charge in [-0.25, -0.2) is 0 Å². The van der Waals surface area contributed by atoms with Gasteiger partial charge in [-0.05, 0) is 66.1 Å². The number of nitrogens with zero attached hydrogens (tertiary/aromatic N) is 1. The third kappa shape index (κ3) is 5.18. The summed E-state index contributed by atoms with van der Waals surface area (Å²) in [4.78, 5) is 13.9. The summed E-state index contributed by atoms with van der Waals surface area (Å²) in [5.74, 6) is 0.215. The van der Waals surface area contributed by atoms with Crippen molar-refractivity contribution in [2.75, 3.05) is 27.3 Å². The lowest BCUT2D eigenvalue weighted by Gasteiger charge is -2.37. The molecular formula is C19H26INO4. The molecule has 0 saturated carbocycles. The van der Waals surface area contributed by atoms with E-state index >= 15 is 0 Å². The Hall–Kier alpha value is -1.12. The van der Waals surface area contributed by atoms with E-state index in [2.05, 4.69) is 46.9 Å². The lowest BCUT2D eigenvalue weighted by molar-refractivity contribution is -0.169. The fourth-order valence-corrected chi connectivity index (χ4v) is 3.40. The Bertz CT molecular complexity index is 600. The lowest BCUT2D eigenvalue weighted by Crippen LogP contribution is -2.38. The minimum atomic E-state index is -0.496. The number of benzene rings is 1. The Kier molecular flexibility index (Phi) is 7.71. The highest BCUT2D eigenvalue weighted by Crippen LogP contribution is 2.39. The first-order chi connectivity index (χ1) is 12.0. The Labute approximate surface area is 163 Å². The summed E-state index contributed by atoms with van der Waals surface area (Å²) in [6.07, 6.45) is 2.84. The number of hydrogen-bond donors (Lipinski definition) is 1. The van der Waals surface area contributed by atoms with Gasteiger partial charge in [0, 0.05) is 42.7 Å². The van der Waals surface area contributed by atoms with Crippen LogP contribution < -0.4 is 0 Å². The molecule has 1 amide bonds. The van der Waals surface area contributed by atoms with Crippen LogP contribution in [-0.4, -0.2) is 49.5 Å². The van der Waals surface area contributed by atoms with Gasteiger partial charge in [-0.2, -0.15) is 0 Å². The highest BCUT2D eigenvalue weighted by Gasteiger charge is 2.38. The number of aliphatic hydroxyl groups excluding tert-OH is 1. The van der Waals surface area contributed by atoms with Crippen molar-refractivity contribution in [3.8, 4) is 0 Å². The molecule has 1 N–H and O–H groups in total.